The predicted molar refractivity (Wildman–Crippen MR) is 67.8 cm³/mol. The number of hydrogen-bond acceptors (Lipinski definition) is 3. The number of aryl methyl sites for hydroxylation is 1. The Morgan fingerprint density at radius 3 is 2.50 bits per heavy atom. The van der Waals surface area contributed by atoms with Crippen LogP contribution in [-0.2, 0) is 6.18 Å². The predicted octanol–water partition coefficient (Wildman–Crippen LogP) is 4.09. The largest absolute Gasteiger partial charge is 0.453 e. The van der Waals surface area contributed by atoms with Gasteiger partial charge in [0.2, 0.25) is 6.43 Å². The second-order valence-electron chi connectivity index (χ2n) is 4.28. The van der Waals surface area contributed by atoms with Crippen LogP contribution in [0.1, 0.15) is 11.4 Å². The first kappa shape index (κ1) is 16.7. The van der Waals surface area contributed by atoms with Gasteiger partial charge in [-0.2, -0.15) is 13.2 Å². The third-order valence-corrected chi connectivity index (χ3v) is 3.77. The summed E-state index contributed by atoms with van der Waals surface area (Å²) in [4.78, 5) is 3.40. The number of rotatable bonds is 4. The Morgan fingerprint density at radius 2 is 1.95 bits per heavy atom. The van der Waals surface area contributed by atoms with Gasteiger partial charge >= 0.3 is 6.18 Å². The molecule has 1 heterocycles. The SMILES string of the molecule is Cc1cc(F)c(-n2cnc(C(F)(F)F)n2)cc1SCC(F)F. The van der Waals surface area contributed by atoms with Crippen molar-refractivity contribution in [3.8, 4) is 5.69 Å². The molecule has 0 N–H and O–H groups in total. The fourth-order valence-corrected chi connectivity index (χ4v) is 2.42. The molecule has 0 aliphatic rings. The van der Waals surface area contributed by atoms with Crippen molar-refractivity contribution >= 4 is 11.8 Å². The molecule has 0 aliphatic heterocycles. The molecule has 1 aromatic carbocycles. The van der Waals surface area contributed by atoms with Gasteiger partial charge in [0.15, 0.2) is 0 Å². The second-order valence-corrected chi connectivity index (χ2v) is 5.34. The first-order valence-corrected chi connectivity index (χ1v) is 6.87. The number of benzene rings is 1. The molecule has 22 heavy (non-hydrogen) atoms. The van der Waals surface area contributed by atoms with E-state index in [2.05, 4.69) is 10.1 Å². The van der Waals surface area contributed by atoms with Crippen molar-refractivity contribution in [2.24, 2.45) is 0 Å². The molecule has 0 aliphatic carbocycles. The van der Waals surface area contributed by atoms with Crippen molar-refractivity contribution in [3.63, 3.8) is 0 Å². The monoisotopic (exact) mass is 341 g/mol. The molecule has 0 saturated heterocycles. The lowest BCUT2D eigenvalue weighted by molar-refractivity contribution is -0.144. The maximum absolute atomic E-state index is 13.9. The summed E-state index contributed by atoms with van der Waals surface area (Å²) in [6, 6.07) is 2.23. The molecule has 120 valence electrons. The number of thioether (sulfide) groups is 1. The summed E-state index contributed by atoms with van der Waals surface area (Å²) in [5.74, 6) is -2.73. The van der Waals surface area contributed by atoms with E-state index in [1.165, 1.54) is 13.0 Å². The van der Waals surface area contributed by atoms with Crippen LogP contribution in [0.4, 0.5) is 26.3 Å². The van der Waals surface area contributed by atoms with Gasteiger partial charge in [-0.05, 0) is 24.6 Å². The zero-order valence-electron chi connectivity index (χ0n) is 11.0. The van der Waals surface area contributed by atoms with Gasteiger partial charge in [-0.15, -0.1) is 16.9 Å². The van der Waals surface area contributed by atoms with Gasteiger partial charge in [-0.1, -0.05) is 0 Å². The van der Waals surface area contributed by atoms with Gasteiger partial charge < -0.3 is 0 Å². The lowest BCUT2D eigenvalue weighted by Crippen LogP contribution is -2.09. The number of hydrogen-bond donors (Lipinski definition) is 0. The van der Waals surface area contributed by atoms with E-state index in [9.17, 15) is 26.3 Å². The Bertz CT molecular complexity index is 667. The third-order valence-electron chi connectivity index (χ3n) is 2.60. The molecule has 10 heteroatoms. The molecule has 0 amide bonds. The molecule has 0 spiro atoms. The topological polar surface area (TPSA) is 30.7 Å². The van der Waals surface area contributed by atoms with Crippen LogP contribution in [0.15, 0.2) is 23.4 Å². The Kier molecular flexibility index (Phi) is 4.69. The molecule has 0 atom stereocenters. The smallest absolute Gasteiger partial charge is 0.217 e. The van der Waals surface area contributed by atoms with E-state index in [0.717, 1.165) is 24.2 Å². The lowest BCUT2D eigenvalue weighted by atomic mass is 10.2. The van der Waals surface area contributed by atoms with Crippen molar-refractivity contribution in [2.75, 3.05) is 5.75 Å². The van der Waals surface area contributed by atoms with Gasteiger partial charge in [0, 0.05) is 4.90 Å². The number of aromatic nitrogens is 3. The number of halogens is 6. The summed E-state index contributed by atoms with van der Waals surface area (Å²) in [7, 11) is 0. The normalized spacial score (nSPS) is 12.2. The van der Waals surface area contributed by atoms with Gasteiger partial charge in [0.25, 0.3) is 5.82 Å². The standard InChI is InChI=1S/C12H9F6N3S/c1-6-2-7(13)8(3-9(6)22-4-10(14)15)21-5-19-11(20-21)12(16,17)18/h2-3,5,10H,4H2,1H3. The van der Waals surface area contributed by atoms with E-state index in [1.54, 1.807) is 0 Å². The summed E-state index contributed by atoms with van der Waals surface area (Å²) in [5, 5.41) is 3.16. The van der Waals surface area contributed by atoms with Crippen LogP contribution in [0.5, 0.6) is 0 Å². The van der Waals surface area contributed by atoms with Crippen LogP contribution in [0.3, 0.4) is 0 Å². The second kappa shape index (κ2) is 6.19. The highest BCUT2D eigenvalue weighted by Gasteiger charge is 2.36. The summed E-state index contributed by atoms with van der Waals surface area (Å²) in [5.41, 5.74) is 0.119. The van der Waals surface area contributed by atoms with Gasteiger partial charge in [-0.3, -0.25) is 0 Å². The summed E-state index contributed by atoms with van der Waals surface area (Å²) < 4.78 is 76.4. The van der Waals surface area contributed by atoms with E-state index in [-0.39, 0.29) is 5.69 Å². The molecule has 1 aromatic heterocycles. The van der Waals surface area contributed by atoms with Crippen molar-refractivity contribution < 1.29 is 26.3 Å². The van der Waals surface area contributed by atoms with E-state index >= 15 is 0 Å². The fourth-order valence-electron chi connectivity index (χ4n) is 1.63. The van der Waals surface area contributed by atoms with E-state index in [1.807, 2.05) is 0 Å². The van der Waals surface area contributed by atoms with Crippen molar-refractivity contribution in [1.82, 2.24) is 14.8 Å². The molecule has 0 saturated carbocycles. The van der Waals surface area contributed by atoms with E-state index in [4.69, 9.17) is 0 Å². The molecular formula is C12H9F6N3S. The highest BCUT2D eigenvalue weighted by molar-refractivity contribution is 7.99. The van der Waals surface area contributed by atoms with E-state index in [0.29, 0.717) is 15.1 Å². The van der Waals surface area contributed by atoms with Crippen molar-refractivity contribution in [3.05, 3.63) is 35.7 Å². The number of nitrogens with zero attached hydrogens (tertiary/aromatic N) is 3. The van der Waals surface area contributed by atoms with Crippen LogP contribution < -0.4 is 0 Å². The maximum atomic E-state index is 13.9. The minimum absolute atomic E-state index is 0.287. The summed E-state index contributed by atoms with van der Waals surface area (Å²) in [6.07, 6.45) is -6.58. The summed E-state index contributed by atoms with van der Waals surface area (Å²) >= 11 is 0.785. The molecule has 2 aromatic rings. The van der Waals surface area contributed by atoms with Crippen LogP contribution in [-0.4, -0.2) is 26.9 Å². The quantitative estimate of drug-likeness (QED) is 0.620. The van der Waals surface area contributed by atoms with Crippen LogP contribution in [0.25, 0.3) is 5.69 Å². The average Bonchev–Trinajstić information content (AvgIpc) is 2.86. The maximum Gasteiger partial charge on any atom is 0.453 e. The minimum Gasteiger partial charge on any atom is -0.217 e. The van der Waals surface area contributed by atoms with Gasteiger partial charge in [0.1, 0.15) is 17.8 Å². The first-order valence-electron chi connectivity index (χ1n) is 5.89. The minimum atomic E-state index is -4.75. The Hall–Kier alpha value is -1.71. The zero-order chi connectivity index (χ0) is 16.5. The number of alkyl halides is 5. The highest BCUT2D eigenvalue weighted by atomic mass is 32.2. The van der Waals surface area contributed by atoms with E-state index < -0.39 is 30.0 Å². The molecule has 0 fully saturated rings. The van der Waals surface area contributed by atoms with Crippen molar-refractivity contribution in [1.29, 1.82) is 0 Å². The molecule has 3 nitrogen and oxygen atoms in total. The molecule has 0 bridgehead atoms. The third kappa shape index (κ3) is 3.73. The molecule has 0 radical (unpaired) electrons. The van der Waals surface area contributed by atoms with Crippen molar-refractivity contribution in [2.45, 2.75) is 24.4 Å². The van der Waals surface area contributed by atoms with Crippen LogP contribution in [0, 0.1) is 12.7 Å². The van der Waals surface area contributed by atoms with Gasteiger partial charge in [0.05, 0.1) is 5.75 Å². The van der Waals surface area contributed by atoms with Crippen LogP contribution >= 0.6 is 11.8 Å². The molecule has 0 unspecified atom stereocenters. The summed E-state index contributed by atoms with van der Waals surface area (Å²) in [6.45, 7) is 1.52. The Balaban J connectivity index is 2.38. The van der Waals surface area contributed by atoms with Gasteiger partial charge in [-0.25, -0.2) is 22.8 Å². The Morgan fingerprint density at radius 1 is 1.27 bits per heavy atom. The molecular weight excluding hydrogens is 332 g/mol. The Labute approximate surface area is 125 Å². The molecule has 2 rings (SSSR count). The fraction of sp³-hybridized carbons (Fsp3) is 0.333. The average molecular weight is 341 g/mol. The highest BCUT2D eigenvalue weighted by Crippen LogP contribution is 2.30. The first-order chi connectivity index (χ1) is 10.2. The van der Waals surface area contributed by atoms with Crippen LogP contribution in [0.2, 0.25) is 0 Å². The lowest BCUT2D eigenvalue weighted by Gasteiger charge is -2.10. The zero-order valence-corrected chi connectivity index (χ0v) is 11.9.